The van der Waals surface area contributed by atoms with E-state index in [1.165, 1.54) is 0 Å². The van der Waals surface area contributed by atoms with Crippen molar-refractivity contribution in [3.05, 3.63) is 35.4 Å². The highest BCUT2D eigenvalue weighted by Gasteiger charge is 2.27. The molecule has 0 bridgehead atoms. The smallest absolute Gasteiger partial charge is 0.205 e. The molecule has 1 aromatic rings. The van der Waals surface area contributed by atoms with E-state index in [1.54, 1.807) is 13.0 Å². The Hall–Kier alpha value is -1.76. The van der Waals surface area contributed by atoms with Crippen LogP contribution in [0.5, 0.6) is 5.75 Å². The predicted molar refractivity (Wildman–Crippen MR) is 74.4 cm³/mol. The molecule has 1 unspecified atom stereocenters. The number of rotatable bonds is 1. The molecule has 0 saturated carbocycles. The number of ether oxygens (including phenoxy) is 2. The molecule has 0 radical (unpaired) electrons. The number of hydrogen-bond donors (Lipinski definition) is 1. The van der Waals surface area contributed by atoms with Crippen LogP contribution in [-0.4, -0.2) is 17.0 Å². The summed E-state index contributed by atoms with van der Waals surface area (Å²) < 4.78 is 11.4. The van der Waals surface area contributed by atoms with Gasteiger partial charge in [-0.1, -0.05) is 24.0 Å². The Morgan fingerprint density at radius 2 is 2.21 bits per heavy atom. The SMILES string of the molecule is CC(O)C#C/C=C/c1cccc2c1COC(C)(C)O2. The van der Waals surface area contributed by atoms with Crippen molar-refractivity contribution in [2.45, 2.75) is 39.3 Å². The minimum atomic E-state index is -0.609. The molecule has 0 aromatic heterocycles. The molecule has 1 heterocycles. The number of aliphatic hydroxyl groups excluding tert-OH is 1. The van der Waals surface area contributed by atoms with Gasteiger partial charge in [0.25, 0.3) is 0 Å². The first-order valence-corrected chi connectivity index (χ1v) is 6.28. The van der Waals surface area contributed by atoms with E-state index in [0.29, 0.717) is 6.61 Å². The van der Waals surface area contributed by atoms with E-state index in [1.807, 2.05) is 38.1 Å². The van der Waals surface area contributed by atoms with Gasteiger partial charge in [0.05, 0.1) is 6.61 Å². The first kappa shape index (κ1) is 13.7. The first-order valence-electron chi connectivity index (χ1n) is 6.28. The minimum Gasteiger partial charge on any atom is -0.463 e. The number of fused-ring (bicyclic) bond motifs is 1. The molecule has 1 atom stereocenters. The lowest BCUT2D eigenvalue weighted by atomic mass is 10.1. The van der Waals surface area contributed by atoms with Crippen molar-refractivity contribution in [1.29, 1.82) is 0 Å². The molecular formula is C16H18O3. The van der Waals surface area contributed by atoms with E-state index in [4.69, 9.17) is 14.6 Å². The summed E-state index contributed by atoms with van der Waals surface area (Å²) in [5.74, 6) is 5.73. The summed E-state index contributed by atoms with van der Waals surface area (Å²) in [6.45, 7) is 5.95. The van der Waals surface area contributed by atoms with E-state index >= 15 is 0 Å². The molecule has 0 amide bonds. The molecule has 1 N–H and O–H groups in total. The molecule has 1 aliphatic rings. The summed E-state index contributed by atoms with van der Waals surface area (Å²) in [4.78, 5) is 0. The third kappa shape index (κ3) is 3.60. The van der Waals surface area contributed by atoms with Crippen LogP contribution in [0.4, 0.5) is 0 Å². The van der Waals surface area contributed by atoms with Gasteiger partial charge >= 0.3 is 0 Å². The average Bonchev–Trinajstić information content (AvgIpc) is 2.33. The molecule has 0 fully saturated rings. The summed E-state index contributed by atoms with van der Waals surface area (Å²) in [5.41, 5.74) is 2.05. The van der Waals surface area contributed by atoms with Crippen LogP contribution in [0, 0.1) is 11.8 Å². The van der Waals surface area contributed by atoms with Gasteiger partial charge in [-0.05, 0) is 30.7 Å². The first-order chi connectivity index (χ1) is 8.98. The van der Waals surface area contributed by atoms with Crippen LogP contribution in [0.2, 0.25) is 0 Å². The second kappa shape index (κ2) is 5.48. The van der Waals surface area contributed by atoms with E-state index in [2.05, 4.69) is 11.8 Å². The summed E-state index contributed by atoms with van der Waals surface area (Å²) in [6.07, 6.45) is 3.02. The fraction of sp³-hybridized carbons (Fsp3) is 0.375. The molecule has 100 valence electrons. The number of benzene rings is 1. The fourth-order valence-electron chi connectivity index (χ4n) is 1.83. The topological polar surface area (TPSA) is 38.7 Å². The van der Waals surface area contributed by atoms with E-state index in [9.17, 15) is 0 Å². The zero-order valence-corrected chi connectivity index (χ0v) is 11.4. The highest BCUT2D eigenvalue weighted by atomic mass is 16.7. The van der Waals surface area contributed by atoms with Crippen molar-refractivity contribution < 1.29 is 14.6 Å². The van der Waals surface area contributed by atoms with Crippen molar-refractivity contribution in [2.24, 2.45) is 0 Å². The van der Waals surface area contributed by atoms with Gasteiger partial charge in [-0.2, -0.15) is 0 Å². The van der Waals surface area contributed by atoms with Crippen LogP contribution in [0.1, 0.15) is 31.9 Å². The Morgan fingerprint density at radius 1 is 1.42 bits per heavy atom. The van der Waals surface area contributed by atoms with Crippen LogP contribution < -0.4 is 4.74 Å². The van der Waals surface area contributed by atoms with Crippen LogP contribution in [0.25, 0.3) is 6.08 Å². The molecule has 0 saturated heterocycles. The van der Waals surface area contributed by atoms with E-state index < -0.39 is 11.9 Å². The molecule has 19 heavy (non-hydrogen) atoms. The van der Waals surface area contributed by atoms with Crippen molar-refractivity contribution in [3.63, 3.8) is 0 Å². The maximum atomic E-state index is 9.05. The van der Waals surface area contributed by atoms with Gasteiger partial charge < -0.3 is 14.6 Å². The summed E-state index contributed by atoms with van der Waals surface area (Å²) >= 11 is 0. The summed E-state index contributed by atoms with van der Waals surface area (Å²) in [6, 6.07) is 5.88. The number of allylic oxidation sites excluding steroid dienone is 1. The summed E-state index contributed by atoms with van der Waals surface area (Å²) in [5, 5.41) is 9.05. The van der Waals surface area contributed by atoms with Gasteiger partial charge in [0.2, 0.25) is 5.79 Å². The maximum Gasteiger partial charge on any atom is 0.205 e. The lowest BCUT2D eigenvalue weighted by molar-refractivity contribution is -0.180. The van der Waals surface area contributed by atoms with Gasteiger partial charge in [0.15, 0.2) is 0 Å². The van der Waals surface area contributed by atoms with Crippen LogP contribution >= 0.6 is 0 Å². The molecule has 1 aromatic carbocycles. The maximum absolute atomic E-state index is 9.05. The Kier molecular flexibility index (Phi) is 3.94. The monoisotopic (exact) mass is 258 g/mol. The van der Waals surface area contributed by atoms with Crippen molar-refractivity contribution in [3.8, 4) is 17.6 Å². The largest absolute Gasteiger partial charge is 0.463 e. The summed E-state index contributed by atoms with van der Waals surface area (Å²) in [7, 11) is 0. The normalized spacial score (nSPS) is 18.1. The van der Waals surface area contributed by atoms with Gasteiger partial charge in [0, 0.05) is 19.4 Å². The van der Waals surface area contributed by atoms with Crippen LogP contribution in [0.15, 0.2) is 24.3 Å². The van der Waals surface area contributed by atoms with Crippen molar-refractivity contribution in [2.75, 3.05) is 0 Å². The second-order valence-corrected chi connectivity index (χ2v) is 4.91. The van der Waals surface area contributed by atoms with Crippen LogP contribution in [-0.2, 0) is 11.3 Å². The lowest BCUT2D eigenvalue weighted by Crippen LogP contribution is -2.35. The van der Waals surface area contributed by atoms with E-state index in [0.717, 1.165) is 16.9 Å². The van der Waals surface area contributed by atoms with Crippen molar-refractivity contribution >= 4 is 6.08 Å². The Bertz CT molecular complexity index is 545. The third-order valence-corrected chi connectivity index (χ3v) is 2.73. The van der Waals surface area contributed by atoms with E-state index in [-0.39, 0.29) is 0 Å². The Balaban J connectivity index is 2.23. The lowest BCUT2D eigenvalue weighted by Gasteiger charge is -2.33. The molecule has 0 aliphatic carbocycles. The van der Waals surface area contributed by atoms with Crippen LogP contribution in [0.3, 0.4) is 0 Å². The van der Waals surface area contributed by atoms with Gasteiger partial charge in [-0.15, -0.1) is 0 Å². The highest BCUT2D eigenvalue weighted by Crippen LogP contribution is 2.33. The van der Waals surface area contributed by atoms with Gasteiger partial charge in [0.1, 0.15) is 11.9 Å². The standard InChI is InChI=1S/C16H18O3/c1-12(17)7-4-5-8-13-9-6-10-15-14(13)11-18-16(2,3)19-15/h5-6,8-10,12,17H,11H2,1-3H3/b8-5+. The van der Waals surface area contributed by atoms with Gasteiger partial charge in [-0.3, -0.25) is 0 Å². The second-order valence-electron chi connectivity index (χ2n) is 4.91. The molecular weight excluding hydrogens is 240 g/mol. The average molecular weight is 258 g/mol. The zero-order valence-electron chi connectivity index (χ0n) is 11.4. The fourth-order valence-corrected chi connectivity index (χ4v) is 1.83. The molecule has 1 aliphatic heterocycles. The zero-order chi connectivity index (χ0) is 13.9. The molecule has 2 rings (SSSR count). The van der Waals surface area contributed by atoms with Gasteiger partial charge in [-0.25, -0.2) is 0 Å². The molecule has 3 nitrogen and oxygen atoms in total. The third-order valence-electron chi connectivity index (χ3n) is 2.73. The minimum absolute atomic E-state index is 0.521. The predicted octanol–water partition coefficient (Wildman–Crippen LogP) is 2.73. The number of aliphatic hydroxyl groups is 1. The quantitative estimate of drug-likeness (QED) is 0.787. The molecule has 0 spiro atoms. The highest BCUT2D eigenvalue weighted by molar-refractivity contribution is 5.60. The Morgan fingerprint density at radius 3 is 2.95 bits per heavy atom. The molecule has 3 heteroatoms. The Labute approximate surface area is 113 Å². The van der Waals surface area contributed by atoms with Crippen molar-refractivity contribution in [1.82, 2.24) is 0 Å². The number of hydrogen-bond acceptors (Lipinski definition) is 3.